The third kappa shape index (κ3) is 8.32. The van der Waals surface area contributed by atoms with Gasteiger partial charge in [0.25, 0.3) is 0 Å². The number of para-hydroxylation sites is 4. The fourth-order valence-electron chi connectivity index (χ4n) is 7.61. The minimum absolute atomic E-state index is 1.07. The Morgan fingerprint density at radius 3 is 0.678 bits per heavy atom. The van der Waals surface area contributed by atoms with E-state index in [1.54, 1.807) is 0 Å². The van der Waals surface area contributed by atoms with Crippen molar-refractivity contribution in [3.63, 3.8) is 0 Å². The summed E-state index contributed by atoms with van der Waals surface area (Å²) in [7, 11) is 0. The summed E-state index contributed by atoms with van der Waals surface area (Å²) in [6.07, 6.45) is 2.28. The van der Waals surface area contributed by atoms with Crippen LogP contribution in [0.2, 0.25) is 0 Å². The molecule has 0 heterocycles. The molecule has 0 aliphatic heterocycles. The Morgan fingerprint density at radius 1 is 0.220 bits per heavy atom. The van der Waals surface area contributed by atoms with Crippen molar-refractivity contribution < 1.29 is 0 Å². The first-order valence-electron chi connectivity index (χ1n) is 20.0. The second-order valence-corrected chi connectivity index (χ2v) is 14.3. The smallest absolute Gasteiger partial charge is 0.0463 e. The van der Waals surface area contributed by atoms with Gasteiger partial charge in [0.15, 0.2) is 0 Å². The topological polar surface area (TPSA) is 9.72 Å². The van der Waals surface area contributed by atoms with Crippen LogP contribution in [0.25, 0.3) is 11.6 Å². The van der Waals surface area contributed by atoms with Crippen LogP contribution in [0, 0.1) is 0 Å². The molecule has 3 nitrogen and oxygen atoms in total. The fraction of sp³-hybridized carbons (Fsp3) is 0. The Bertz CT molecular complexity index is 2620. The van der Waals surface area contributed by atoms with Crippen LogP contribution in [0.1, 0.15) is 16.7 Å². The van der Waals surface area contributed by atoms with Gasteiger partial charge in [0.05, 0.1) is 0 Å². The molecule has 0 N–H and O–H groups in total. The van der Waals surface area contributed by atoms with Gasteiger partial charge >= 0.3 is 0 Å². The summed E-state index contributed by atoms with van der Waals surface area (Å²) in [5.41, 5.74) is 14.5. The molecule has 0 aromatic heterocycles. The van der Waals surface area contributed by atoms with Crippen molar-refractivity contribution in [1.29, 1.82) is 0 Å². The summed E-state index contributed by atoms with van der Waals surface area (Å²) in [4.78, 5) is 6.92. The van der Waals surface area contributed by atoms with E-state index < -0.39 is 0 Å². The Kier molecular flexibility index (Phi) is 10.9. The summed E-state index contributed by atoms with van der Waals surface area (Å²) < 4.78 is 0. The Labute approximate surface area is 347 Å². The van der Waals surface area contributed by atoms with Crippen LogP contribution in [-0.2, 0) is 0 Å². The Balaban J connectivity index is 1.05. The zero-order valence-corrected chi connectivity index (χ0v) is 32.7. The molecule has 282 valence electrons. The molecular weight excluding hydrogens is 715 g/mol. The lowest BCUT2D eigenvalue weighted by Crippen LogP contribution is -2.13. The molecule has 0 atom stereocenters. The molecule has 0 unspecified atom stereocenters. The molecular formula is C56H43N3. The highest BCUT2D eigenvalue weighted by atomic mass is 15.2. The monoisotopic (exact) mass is 757 g/mol. The van der Waals surface area contributed by atoms with Gasteiger partial charge in [0, 0.05) is 51.2 Å². The molecule has 9 rings (SSSR count). The predicted octanol–water partition coefficient (Wildman–Crippen LogP) is 15.7. The van der Waals surface area contributed by atoms with Crippen LogP contribution < -0.4 is 14.7 Å². The number of anilines is 9. The molecule has 0 radical (unpaired) electrons. The van der Waals surface area contributed by atoms with Crippen molar-refractivity contribution in [2.45, 2.75) is 0 Å². The number of rotatable bonds is 12. The maximum absolute atomic E-state index is 2.32. The van der Waals surface area contributed by atoms with E-state index in [4.69, 9.17) is 0 Å². The summed E-state index contributed by atoms with van der Waals surface area (Å²) in [5, 5.41) is 0. The van der Waals surface area contributed by atoms with Crippen LogP contribution in [0.15, 0.2) is 255 Å². The fourth-order valence-corrected chi connectivity index (χ4v) is 7.61. The highest BCUT2D eigenvalue weighted by Gasteiger charge is 2.18. The molecule has 59 heavy (non-hydrogen) atoms. The SMILES string of the molecule is C(=C(c1ccccc1)c1ccccc1)c1ccc(N(c2ccccc2)c2ccc(N(c3ccccc3)c3ccc(N(c4ccccc4)c4ccccc4)cc3)cc2)cc1. The molecule has 9 aromatic carbocycles. The van der Waals surface area contributed by atoms with Crippen LogP contribution in [0.5, 0.6) is 0 Å². The van der Waals surface area contributed by atoms with E-state index in [0.29, 0.717) is 0 Å². The van der Waals surface area contributed by atoms with E-state index in [-0.39, 0.29) is 0 Å². The van der Waals surface area contributed by atoms with E-state index in [9.17, 15) is 0 Å². The molecule has 0 saturated heterocycles. The quantitative estimate of drug-likeness (QED) is 0.115. The molecule has 9 aromatic rings. The van der Waals surface area contributed by atoms with E-state index in [1.165, 1.54) is 16.7 Å². The molecule has 0 fully saturated rings. The number of benzene rings is 9. The molecule has 3 heteroatoms. The van der Waals surface area contributed by atoms with Gasteiger partial charge < -0.3 is 14.7 Å². The molecule has 0 aliphatic rings. The largest absolute Gasteiger partial charge is 0.311 e. The lowest BCUT2D eigenvalue weighted by Gasteiger charge is -2.29. The first-order valence-corrected chi connectivity index (χ1v) is 20.0. The summed E-state index contributed by atoms with van der Waals surface area (Å²) in [6.45, 7) is 0. The minimum atomic E-state index is 1.07. The van der Waals surface area contributed by atoms with Crippen LogP contribution >= 0.6 is 0 Å². The summed E-state index contributed by atoms with van der Waals surface area (Å²) >= 11 is 0. The number of hydrogen-bond donors (Lipinski definition) is 0. The van der Waals surface area contributed by atoms with Crippen molar-refractivity contribution >= 4 is 62.8 Å². The van der Waals surface area contributed by atoms with E-state index >= 15 is 0 Å². The second-order valence-electron chi connectivity index (χ2n) is 14.3. The third-order valence-corrected chi connectivity index (χ3v) is 10.4. The molecule has 0 amide bonds. The lowest BCUT2D eigenvalue weighted by molar-refractivity contribution is 1.24. The van der Waals surface area contributed by atoms with Crippen molar-refractivity contribution in [2.75, 3.05) is 14.7 Å². The highest BCUT2D eigenvalue weighted by molar-refractivity contribution is 5.92. The number of hydrogen-bond acceptors (Lipinski definition) is 3. The van der Waals surface area contributed by atoms with Gasteiger partial charge in [-0.3, -0.25) is 0 Å². The third-order valence-electron chi connectivity index (χ3n) is 10.4. The maximum Gasteiger partial charge on any atom is 0.0463 e. The van der Waals surface area contributed by atoms with E-state index in [1.807, 2.05) is 0 Å². The van der Waals surface area contributed by atoms with Gasteiger partial charge in [-0.2, -0.15) is 0 Å². The highest BCUT2D eigenvalue weighted by Crippen LogP contribution is 2.41. The van der Waals surface area contributed by atoms with Gasteiger partial charge in [-0.1, -0.05) is 146 Å². The van der Waals surface area contributed by atoms with Crippen LogP contribution in [0.4, 0.5) is 51.2 Å². The standard InChI is InChI=1S/C56H43N3/c1-7-19-45(20-8-1)56(46-21-9-2-10-22-46)43-44-31-33-51(34-32-44)58(49-27-15-5-16-28-49)53-39-41-55(42-40-53)59(50-29-17-6-18-30-50)54-37-35-52(36-38-54)57(47-23-11-3-12-24-47)48-25-13-4-14-26-48/h1-43H. The van der Waals surface area contributed by atoms with Gasteiger partial charge in [0.1, 0.15) is 0 Å². The van der Waals surface area contributed by atoms with Crippen molar-refractivity contribution in [1.82, 2.24) is 0 Å². The summed E-state index contributed by atoms with van der Waals surface area (Å²) in [5.74, 6) is 0. The average molecular weight is 758 g/mol. The minimum Gasteiger partial charge on any atom is -0.311 e. The zero-order valence-electron chi connectivity index (χ0n) is 32.7. The van der Waals surface area contributed by atoms with Gasteiger partial charge in [-0.25, -0.2) is 0 Å². The maximum atomic E-state index is 2.32. The first-order chi connectivity index (χ1) is 29.3. The van der Waals surface area contributed by atoms with Crippen molar-refractivity contribution in [2.24, 2.45) is 0 Å². The van der Waals surface area contributed by atoms with E-state index in [0.717, 1.165) is 56.7 Å². The zero-order chi connectivity index (χ0) is 39.6. The average Bonchev–Trinajstić information content (AvgIpc) is 3.32. The second kappa shape index (κ2) is 17.5. The van der Waals surface area contributed by atoms with E-state index in [2.05, 4.69) is 276 Å². The molecule has 0 aliphatic carbocycles. The molecule has 0 spiro atoms. The van der Waals surface area contributed by atoms with Crippen LogP contribution in [-0.4, -0.2) is 0 Å². The molecule has 0 saturated carbocycles. The van der Waals surface area contributed by atoms with Crippen LogP contribution in [0.3, 0.4) is 0 Å². The normalized spacial score (nSPS) is 10.7. The van der Waals surface area contributed by atoms with Gasteiger partial charge in [0.2, 0.25) is 0 Å². The lowest BCUT2D eigenvalue weighted by atomic mass is 9.95. The summed E-state index contributed by atoms with van der Waals surface area (Å²) in [6, 6.07) is 90.0. The Hall–Kier alpha value is -7.88. The predicted molar refractivity (Wildman–Crippen MR) is 250 cm³/mol. The van der Waals surface area contributed by atoms with Gasteiger partial charge in [-0.15, -0.1) is 0 Å². The number of nitrogens with zero attached hydrogens (tertiary/aromatic N) is 3. The Morgan fingerprint density at radius 2 is 0.424 bits per heavy atom. The molecule has 0 bridgehead atoms. The van der Waals surface area contributed by atoms with Crippen molar-refractivity contribution in [3.8, 4) is 0 Å². The first kappa shape index (κ1) is 36.7. The van der Waals surface area contributed by atoms with Gasteiger partial charge in [-0.05, 0) is 138 Å². The van der Waals surface area contributed by atoms with Crippen molar-refractivity contribution in [3.05, 3.63) is 271 Å².